The summed E-state index contributed by atoms with van der Waals surface area (Å²) in [6, 6.07) is 15.2. The van der Waals surface area contributed by atoms with Crippen LogP contribution in [0.3, 0.4) is 0 Å². The number of rotatable bonds is 4. The minimum atomic E-state index is -3.97. The Hall–Kier alpha value is -2.93. The van der Waals surface area contributed by atoms with Crippen LogP contribution in [0, 0.1) is 13.8 Å². The third-order valence-corrected chi connectivity index (χ3v) is 5.97. The highest BCUT2D eigenvalue weighted by atomic mass is 32.2. The Morgan fingerprint density at radius 3 is 2.21 bits per heavy atom. The maximum Gasteiger partial charge on any atom is 0.265 e. The summed E-state index contributed by atoms with van der Waals surface area (Å²) < 4.78 is 29.1. The van der Waals surface area contributed by atoms with Crippen LogP contribution < -0.4 is 4.72 Å². The van der Waals surface area contributed by atoms with Crippen LogP contribution in [-0.4, -0.2) is 24.1 Å². The van der Waals surface area contributed by atoms with Crippen molar-refractivity contribution in [2.24, 2.45) is 0 Å². The lowest BCUT2D eigenvalue weighted by molar-refractivity contribution is 0.0981. The number of hydrogen-bond acceptors (Lipinski definition) is 4. The highest BCUT2D eigenvalue weighted by Crippen LogP contribution is 2.23. The van der Waals surface area contributed by atoms with E-state index in [1.807, 2.05) is 46.8 Å². The molecule has 0 radical (unpaired) electrons. The molecule has 0 unspecified atom stereocenters. The number of aryl methyl sites for hydroxylation is 2. The summed E-state index contributed by atoms with van der Waals surface area (Å²) in [4.78, 5) is 12.7. The third-order valence-electron chi connectivity index (χ3n) is 4.62. The van der Waals surface area contributed by atoms with Gasteiger partial charge in [0.2, 0.25) is 0 Å². The zero-order valence-electron chi connectivity index (χ0n) is 17.2. The van der Waals surface area contributed by atoms with Gasteiger partial charge in [-0.1, -0.05) is 39.0 Å². The Morgan fingerprint density at radius 2 is 1.66 bits per heavy atom. The highest BCUT2D eigenvalue weighted by molar-refractivity contribution is 7.90. The predicted octanol–water partition coefficient (Wildman–Crippen LogP) is 3.91. The number of benzene rings is 2. The third kappa shape index (κ3) is 4.56. The number of hydrogen-bond donors (Lipinski definition) is 1. The van der Waals surface area contributed by atoms with E-state index in [2.05, 4.69) is 9.82 Å². The van der Waals surface area contributed by atoms with Crippen molar-refractivity contribution in [2.45, 2.75) is 44.9 Å². The highest BCUT2D eigenvalue weighted by Gasteiger charge is 2.21. The van der Waals surface area contributed by atoms with Gasteiger partial charge in [0, 0.05) is 11.3 Å². The van der Waals surface area contributed by atoms with Crippen LogP contribution in [0.15, 0.2) is 59.5 Å². The Bertz CT molecular complexity index is 1150. The van der Waals surface area contributed by atoms with Crippen molar-refractivity contribution in [1.29, 1.82) is 0 Å². The van der Waals surface area contributed by atoms with Crippen LogP contribution >= 0.6 is 0 Å². The van der Waals surface area contributed by atoms with E-state index in [0.717, 1.165) is 17.0 Å². The smallest absolute Gasteiger partial charge is 0.265 e. The number of nitrogens with one attached hydrogen (secondary N) is 1. The summed E-state index contributed by atoms with van der Waals surface area (Å²) in [6.07, 6.45) is 0. The van der Waals surface area contributed by atoms with Crippen LogP contribution in [0.5, 0.6) is 0 Å². The molecule has 0 aliphatic heterocycles. The summed E-state index contributed by atoms with van der Waals surface area (Å²) >= 11 is 0. The molecule has 152 valence electrons. The molecule has 0 bridgehead atoms. The molecule has 0 spiro atoms. The first-order valence-electron chi connectivity index (χ1n) is 9.29. The second kappa shape index (κ2) is 7.48. The SMILES string of the molecule is Cc1cc(C)n(-c2cccc(C(=O)NS(=O)(=O)c3ccc(C(C)(C)C)cc3)c2)n1. The first-order valence-corrected chi connectivity index (χ1v) is 10.8. The van der Waals surface area contributed by atoms with Crippen molar-refractivity contribution in [3.05, 3.63) is 77.1 Å². The second-order valence-electron chi connectivity index (χ2n) is 8.10. The van der Waals surface area contributed by atoms with E-state index < -0.39 is 15.9 Å². The molecule has 3 aromatic rings. The molecule has 2 aromatic carbocycles. The van der Waals surface area contributed by atoms with Crippen LogP contribution in [0.1, 0.15) is 48.1 Å². The van der Waals surface area contributed by atoms with Crippen molar-refractivity contribution in [3.8, 4) is 5.69 Å². The van der Waals surface area contributed by atoms with Gasteiger partial charge in [-0.15, -0.1) is 0 Å². The average molecular weight is 412 g/mol. The molecule has 3 rings (SSSR count). The molecular weight excluding hydrogens is 386 g/mol. The standard InChI is InChI=1S/C22H25N3O3S/c1-15-13-16(2)25(23-15)19-8-6-7-17(14-19)21(26)24-29(27,28)20-11-9-18(10-12-20)22(3,4)5/h6-14H,1-5H3,(H,24,26). The second-order valence-corrected chi connectivity index (χ2v) is 9.78. The number of carbonyl (C=O) groups is 1. The number of nitrogens with zero attached hydrogens (tertiary/aromatic N) is 2. The van der Waals surface area contributed by atoms with Crippen LogP contribution in [0.2, 0.25) is 0 Å². The van der Waals surface area contributed by atoms with Gasteiger partial charge in [-0.25, -0.2) is 17.8 Å². The molecule has 29 heavy (non-hydrogen) atoms. The summed E-state index contributed by atoms with van der Waals surface area (Å²) in [7, 11) is -3.97. The normalized spacial score (nSPS) is 12.0. The fourth-order valence-corrected chi connectivity index (χ4v) is 4.02. The topological polar surface area (TPSA) is 81.1 Å². The van der Waals surface area contributed by atoms with Crippen LogP contribution in [-0.2, 0) is 15.4 Å². The Balaban J connectivity index is 1.84. The van der Waals surface area contributed by atoms with Gasteiger partial charge >= 0.3 is 0 Å². The fourth-order valence-electron chi connectivity index (χ4n) is 3.04. The zero-order valence-corrected chi connectivity index (χ0v) is 18.0. The molecule has 0 atom stereocenters. The summed E-state index contributed by atoms with van der Waals surface area (Å²) in [5.74, 6) is -0.687. The van der Waals surface area contributed by atoms with Crippen molar-refractivity contribution in [3.63, 3.8) is 0 Å². The average Bonchev–Trinajstić information content (AvgIpc) is 2.99. The Morgan fingerprint density at radius 1 is 1.00 bits per heavy atom. The number of sulfonamides is 1. The van der Waals surface area contributed by atoms with Crippen molar-refractivity contribution >= 4 is 15.9 Å². The zero-order chi connectivity index (χ0) is 21.4. The minimum absolute atomic E-state index is 0.0496. The molecule has 0 aliphatic carbocycles. The number of aromatic nitrogens is 2. The summed E-state index contributed by atoms with van der Waals surface area (Å²) in [5, 5.41) is 4.40. The molecule has 1 heterocycles. The largest absolute Gasteiger partial charge is 0.268 e. The molecule has 0 saturated heterocycles. The first-order chi connectivity index (χ1) is 13.5. The quantitative estimate of drug-likeness (QED) is 0.706. The van der Waals surface area contributed by atoms with Crippen molar-refractivity contribution in [1.82, 2.24) is 14.5 Å². The van der Waals surface area contributed by atoms with Crippen LogP contribution in [0.4, 0.5) is 0 Å². The lowest BCUT2D eigenvalue weighted by atomic mass is 9.87. The molecule has 0 aliphatic rings. The fraction of sp³-hybridized carbons (Fsp3) is 0.273. The molecule has 0 saturated carbocycles. The van der Waals surface area contributed by atoms with E-state index in [1.165, 1.54) is 12.1 Å². The van der Waals surface area contributed by atoms with Gasteiger partial charge in [-0.05, 0) is 61.2 Å². The Labute approximate surface area is 171 Å². The van der Waals surface area contributed by atoms with Gasteiger partial charge in [-0.2, -0.15) is 5.10 Å². The monoisotopic (exact) mass is 411 g/mol. The Kier molecular flexibility index (Phi) is 5.36. The van der Waals surface area contributed by atoms with Gasteiger partial charge in [0.25, 0.3) is 15.9 Å². The number of carbonyl (C=O) groups excluding carboxylic acids is 1. The maximum absolute atomic E-state index is 12.6. The molecule has 1 aromatic heterocycles. The minimum Gasteiger partial charge on any atom is -0.268 e. The number of amides is 1. The molecule has 1 N–H and O–H groups in total. The first kappa shape index (κ1) is 20.8. The van der Waals surface area contributed by atoms with E-state index in [-0.39, 0.29) is 15.9 Å². The van der Waals surface area contributed by atoms with Crippen molar-refractivity contribution < 1.29 is 13.2 Å². The molecule has 6 nitrogen and oxygen atoms in total. The van der Waals surface area contributed by atoms with Gasteiger partial charge in [-0.3, -0.25) is 4.79 Å². The maximum atomic E-state index is 12.6. The van der Waals surface area contributed by atoms with E-state index >= 15 is 0 Å². The van der Waals surface area contributed by atoms with E-state index in [4.69, 9.17) is 0 Å². The van der Waals surface area contributed by atoms with Gasteiger partial charge in [0.05, 0.1) is 16.3 Å². The van der Waals surface area contributed by atoms with Gasteiger partial charge < -0.3 is 0 Å². The summed E-state index contributed by atoms with van der Waals surface area (Å²) in [6.45, 7) is 9.95. The lowest BCUT2D eigenvalue weighted by Gasteiger charge is -2.19. The van der Waals surface area contributed by atoms with E-state index in [9.17, 15) is 13.2 Å². The van der Waals surface area contributed by atoms with E-state index in [1.54, 1.807) is 35.0 Å². The van der Waals surface area contributed by atoms with Gasteiger partial charge in [0.1, 0.15) is 0 Å². The molecule has 1 amide bonds. The molecule has 7 heteroatoms. The van der Waals surface area contributed by atoms with Gasteiger partial charge in [0.15, 0.2) is 0 Å². The van der Waals surface area contributed by atoms with E-state index in [0.29, 0.717) is 5.69 Å². The van der Waals surface area contributed by atoms with Crippen molar-refractivity contribution in [2.75, 3.05) is 0 Å². The predicted molar refractivity (Wildman–Crippen MR) is 113 cm³/mol. The molecule has 0 fully saturated rings. The lowest BCUT2D eigenvalue weighted by Crippen LogP contribution is -2.30. The van der Waals surface area contributed by atoms with Crippen LogP contribution in [0.25, 0.3) is 5.69 Å². The summed E-state index contributed by atoms with van der Waals surface area (Å²) in [5.41, 5.74) is 3.64. The molecular formula is C22H25N3O3S.